The summed E-state index contributed by atoms with van der Waals surface area (Å²) >= 11 is 1.66. The zero-order chi connectivity index (χ0) is 8.39. The summed E-state index contributed by atoms with van der Waals surface area (Å²) in [5.74, 6) is 0. The Bertz CT molecular complexity index is 370. The van der Waals surface area contributed by atoms with Crippen LogP contribution in [0.2, 0.25) is 0 Å². The van der Waals surface area contributed by atoms with Gasteiger partial charge in [-0.3, -0.25) is 0 Å². The van der Waals surface area contributed by atoms with Crippen molar-refractivity contribution in [1.29, 1.82) is 0 Å². The van der Waals surface area contributed by atoms with Gasteiger partial charge in [-0.25, -0.2) is 0 Å². The summed E-state index contributed by atoms with van der Waals surface area (Å²) in [5, 5.41) is 13.3. The molecular weight excluding hydrogens is 170 g/mol. The van der Waals surface area contributed by atoms with E-state index in [1.54, 1.807) is 17.5 Å². The molecule has 0 saturated carbocycles. The molecule has 2 rings (SSSR count). The molecule has 12 heavy (non-hydrogen) atoms. The number of rotatable bonds is 1. The monoisotopic (exact) mass is 177 g/mol. The highest BCUT2D eigenvalue weighted by molar-refractivity contribution is 7.13. The van der Waals surface area contributed by atoms with Crippen LogP contribution in [-0.2, 0) is 0 Å². The first-order chi connectivity index (χ1) is 5.88. The van der Waals surface area contributed by atoms with Gasteiger partial charge in [0, 0.05) is 0 Å². The molecule has 0 amide bonds. The highest BCUT2D eigenvalue weighted by atomic mass is 32.1. The molecule has 0 N–H and O–H groups in total. The average Bonchev–Trinajstić information content (AvgIpc) is 2.57. The van der Waals surface area contributed by atoms with Crippen molar-refractivity contribution in [3.8, 4) is 10.6 Å². The van der Waals surface area contributed by atoms with Crippen molar-refractivity contribution >= 4 is 11.3 Å². The van der Waals surface area contributed by atoms with Crippen LogP contribution in [0.15, 0.2) is 23.7 Å². The zero-order valence-corrected chi connectivity index (χ0v) is 7.38. The summed E-state index contributed by atoms with van der Waals surface area (Å²) in [6, 6.07) is 4.03. The van der Waals surface area contributed by atoms with Gasteiger partial charge in [-0.05, 0) is 29.1 Å². The van der Waals surface area contributed by atoms with E-state index < -0.39 is 0 Å². The predicted octanol–water partition coefficient (Wildman–Crippen LogP) is 1.91. The van der Waals surface area contributed by atoms with E-state index in [2.05, 4.69) is 15.4 Å². The van der Waals surface area contributed by atoms with E-state index in [9.17, 15) is 0 Å². The summed E-state index contributed by atoms with van der Waals surface area (Å²) in [6.07, 6.45) is 1.72. The maximum absolute atomic E-state index is 3.97. The first-order valence-electron chi connectivity index (χ1n) is 3.57. The number of hydrogen-bond acceptors (Lipinski definition) is 4. The second-order valence-electron chi connectivity index (χ2n) is 2.44. The maximum Gasteiger partial charge on any atom is 0.109 e. The van der Waals surface area contributed by atoms with Crippen LogP contribution in [0.1, 0.15) is 5.56 Å². The first kappa shape index (κ1) is 7.36. The van der Waals surface area contributed by atoms with Gasteiger partial charge in [0.05, 0.1) is 11.1 Å². The fourth-order valence-electron chi connectivity index (χ4n) is 0.980. The lowest BCUT2D eigenvalue weighted by molar-refractivity contribution is 0.861. The SMILES string of the molecule is Cc1cnnnc1-c1cccs1. The Morgan fingerprint density at radius 2 is 2.33 bits per heavy atom. The molecule has 0 aliphatic heterocycles. The summed E-state index contributed by atoms with van der Waals surface area (Å²) < 4.78 is 0. The van der Waals surface area contributed by atoms with E-state index in [0.29, 0.717) is 0 Å². The fourth-order valence-corrected chi connectivity index (χ4v) is 1.75. The van der Waals surface area contributed by atoms with Crippen molar-refractivity contribution in [2.75, 3.05) is 0 Å². The van der Waals surface area contributed by atoms with E-state index in [0.717, 1.165) is 16.1 Å². The van der Waals surface area contributed by atoms with Crippen molar-refractivity contribution in [1.82, 2.24) is 15.4 Å². The van der Waals surface area contributed by atoms with Crippen LogP contribution in [0.4, 0.5) is 0 Å². The molecule has 0 spiro atoms. The van der Waals surface area contributed by atoms with Gasteiger partial charge in [0.25, 0.3) is 0 Å². The summed E-state index contributed by atoms with van der Waals surface area (Å²) in [7, 11) is 0. The molecule has 60 valence electrons. The first-order valence-corrected chi connectivity index (χ1v) is 4.45. The Labute approximate surface area is 74.1 Å². The Balaban J connectivity index is 2.55. The fraction of sp³-hybridized carbons (Fsp3) is 0.125. The molecule has 2 aromatic heterocycles. The van der Waals surface area contributed by atoms with Gasteiger partial charge < -0.3 is 0 Å². The van der Waals surface area contributed by atoms with E-state index in [-0.39, 0.29) is 0 Å². The Morgan fingerprint density at radius 3 is 3.00 bits per heavy atom. The van der Waals surface area contributed by atoms with Gasteiger partial charge >= 0.3 is 0 Å². The van der Waals surface area contributed by atoms with Crippen LogP contribution in [0.25, 0.3) is 10.6 Å². The molecule has 0 aliphatic carbocycles. The van der Waals surface area contributed by atoms with Gasteiger partial charge in [-0.2, -0.15) is 0 Å². The highest BCUT2D eigenvalue weighted by Crippen LogP contribution is 2.23. The molecule has 4 heteroatoms. The minimum Gasteiger partial charge on any atom is -0.142 e. The minimum absolute atomic E-state index is 0.931. The van der Waals surface area contributed by atoms with Crippen molar-refractivity contribution < 1.29 is 0 Å². The van der Waals surface area contributed by atoms with Crippen molar-refractivity contribution in [3.05, 3.63) is 29.3 Å². The van der Waals surface area contributed by atoms with Gasteiger partial charge in [0.1, 0.15) is 5.69 Å². The molecule has 0 unspecified atom stereocenters. The molecule has 0 saturated heterocycles. The maximum atomic E-state index is 3.97. The van der Waals surface area contributed by atoms with Crippen molar-refractivity contribution in [3.63, 3.8) is 0 Å². The molecule has 0 bridgehead atoms. The molecular formula is C8H7N3S. The number of aryl methyl sites for hydroxylation is 1. The lowest BCUT2D eigenvalue weighted by Gasteiger charge is -1.96. The summed E-state index contributed by atoms with van der Waals surface area (Å²) in [4.78, 5) is 1.14. The number of thiophene rings is 1. The quantitative estimate of drug-likeness (QED) is 0.667. The lowest BCUT2D eigenvalue weighted by atomic mass is 10.2. The Kier molecular flexibility index (Phi) is 1.83. The highest BCUT2D eigenvalue weighted by Gasteiger charge is 2.03. The average molecular weight is 177 g/mol. The molecule has 0 aromatic carbocycles. The third kappa shape index (κ3) is 1.21. The largest absolute Gasteiger partial charge is 0.142 e. The molecule has 2 aromatic rings. The topological polar surface area (TPSA) is 38.7 Å². The molecule has 3 nitrogen and oxygen atoms in total. The van der Waals surface area contributed by atoms with Crippen LogP contribution < -0.4 is 0 Å². The van der Waals surface area contributed by atoms with E-state index in [4.69, 9.17) is 0 Å². The number of nitrogens with zero attached hydrogens (tertiary/aromatic N) is 3. The predicted molar refractivity (Wildman–Crippen MR) is 47.9 cm³/mol. The van der Waals surface area contributed by atoms with Gasteiger partial charge in [0.15, 0.2) is 0 Å². The van der Waals surface area contributed by atoms with Crippen LogP contribution in [-0.4, -0.2) is 15.4 Å². The Hall–Kier alpha value is -1.29. The number of aromatic nitrogens is 3. The molecule has 2 heterocycles. The van der Waals surface area contributed by atoms with Gasteiger partial charge in [0.2, 0.25) is 0 Å². The molecule has 0 fully saturated rings. The number of hydrogen-bond donors (Lipinski definition) is 0. The van der Waals surface area contributed by atoms with Gasteiger partial charge in [-0.1, -0.05) is 6.07 Å². The van der Waals surface area contributed by atoms with Crippen LogP contribution in [0, 0.1) is 6.92 Å². The Morgan fingerprint density at radius 1 is 1.42 bits per heavy atom. The van der Waals surface area contributed by atoms with E-state index in [1.807, 2.05) is 24.4 Å². The second-order valence-corrected chi connectivity index (χ2v) is 3.39. The van der Waals surface area contributed by atoms with Crippen molar-refractivity contribution in [2.24, 2.45) is 0 Å². The normalized spacial score (nSPS) is 10.1. The molecule has 0 aliphatic rings. The van der Waals surface area contributed by atoms with Crippen molar-refractivity contribution in [2.45, 2.75) is 6.92 Å². The van der Waals surface area contributed by atoms with Crippen LogP contribution >= 0.6 is 11.3 Å². The summed E-state index contributed by atoms with van der Waals surface area (Å²) in [5.41, 5.74) is 1.99. The third-order valence-electron chi connectivity index (χ3n) is 1.58. The van der Waals surface area contributed by atoms with Crippen LogP contribution in [0.3, 0.4) is 0 Å². The smallest absolute Gasteiger partial charge is 0.109 e. The van der Waals surface area contributed by atoms with Crippen LogP contribution in [0.5, 0.6) is 0 Å². The second kappa shape index (κ2) is 2.98. The van der Waals surface area contributed by atoms with E-state index in [1.165, 1.54) is 0 Å². The lowest BCUT2D eigenvalue weighted by Crippen LogP contribution is -1.91. The standard InChI is InChI=1S/C8H7N3S/c1-6-5-9-11-10-8(6)7-3-2-4-12-7/h2-5H,1H3. The summed E-state index contributed by atoms with van der Waals surface area (Å²) in [6.45, 7) is 1.98. The third-order valence-corrected chi connectivity index (χ3v) is 2.45. The molecule has 0 radical (unpaired) electrons. The molecule has 0 atom stereocenters. The minimum atomic E-state index is 0.931. The zero-order valence-electron chi connectivity index (χ0n) is 6.56. The van der Waals surface area contributed by atoms with Gasteiger partial charge in [-0.15, -0.1) is 21.5 Å². The van der Waals surface area contributed by atoms with E-state index >= 15 is 0 Å².